The first-order valence-electron chi connectivity index (χ1n) is 7.69. The third kappa shape index (κ3) is 2.16. The maximum absolute atomic E-state index is 5.28. The predicted octanol–water partition coefficient (Wildman–Crippen LogP) is 6.57. The molecule has 0 fully saturated rings. The first kappa shape index (κ1) is 13.9. The summed E-state index contributed by atoms with van der Waals surface area (Å²) in [5, 5.41) is 5.27. The molecule has 0 aliphatic rings. The minimum atomic E-state index is 0.702. The second kappa shape index (κ2) is 5.24. The molecular weight excluding hydrogens is 332 g/mol. The molecule has 0 amide bonds. The Morgan fingerprint density at radius 2 is 1.54 bits per heavy atom. The summed E-state index contributed by atoms with van der Waals surface area (Å²) in [6.07, 6.45) is 1.65. The second-order valence-corrected chi connectivity index (χ2v) is 8.12. The summed E-state index contributed by atoms with van der Waals surface area (Å²) in [6.45, 7) is 2.17. The van der Waals surface area contributed by atoms with Gasteiger partial charge in [0, 0.05) is 25.0 Å². The van der Waals surface area contributed by atoms with Gasteiger partial charge in [0.05, 0.1) is 11.1 Å². The molecule has 0 saturated carbocycles. The maximum atomic E-state index is 5.28. The zero-order valence-corrected chi connectivity index (χ0v) is 14.6. The van der Waals surface area contributed by atoms with Crippen LogP contribution in [0.3, 0.4) is 0 Å². The fourth-order valence-electron chi connectivity index (χ4n) is 3.11. The molecule has 3 heterocycles. The van der Waals surface area contributed by atoms with Crippen LogP contribution in [0.25, 0.3) is 30.9 Å². The average molecular weight is 344 g/mol. The van der Waals surface area contributed by atoms with Gasteiger partial charge in [-0.3, -0.25) is 0 Å². The Hall–Kier alpha value is -2.54. The van der Waals surface area contributed by atoms with Crippen LogP contribution in [0.1, 0.15) is 15.5 Å². The van der Waals surface area contributed by atoms with Crippen molar-refractivity contribution < 1.29 is 4.42 Å². The highest BCUT2D eigenvalue weighted by Gasteiger charge is 2.09. The van der Waals surface area contributed by atoms with Gasteiger partial charge in [0.15, 0.2) is 5.76 Å². The third-order valence-electron chi connectivity index (χ3n) is 4.15. The van der Waals surface area contributed by atoms with Crippen LogP contribution in [0, 0.1) is 18.8 Å². The molecule has 5 aromatic rings. The van der Waals surface area contributed by atoms with Crippen molar-refractivity contribution >= 4 is 53.6 Å². The number of hydrogen-bond acceptors (Lipinski definition) is 3. The van der Waals surface area contributed by atoms with Gasteiger partial charge in [0.25, 0.3) is 0 Å². The largest absolute Gasteiger partial charge is 0.456 e. The fraction of sp³-hybridized carbons (Fsp3) is 0.0476. The zero-order chi connectivity index (χ0) is 16.1. The monoisotopic (exact) mass is 344 g/mol. The number of benzene rings is 2. The van der Waals surface area contributed by atoms with E-state index in [-0.39, 0.29) is 0 Å². The molecule has 24 heavy (non-hydrogen) atoms. The van der Waals surface area contributed by atoms with E-state index < -0.39 is 0 Å². The normalized spacial score (nSPS) is 11.2. The summed E-state index contributed by atoms with van der Waals surface area (Å²) >= 11 is 3.59. The van der Waals surface area contributed by atoms with Crippen LogP contribution in [0.15, 0.2) is 59.2 Å². The number of aryl methyl sites for hydroxylation is 1. The minimum Gasteiger partial charge on any atom is -0.456 e. The van der Waals surface area contributed by atoms with Crippen LogP contribution in [-0.2, 0) is 0 Å². The lowest BCUT2D eigenvalue weighted by atomic mass is 10.0. The van der Waals surface area contributed by atoms with Crippen molar-refractivity contribution in [2.75, 3.05) is 0 Å². The molecule has 1 nitrogen and oxygen atoms in total. The van der Waals surface area contributed by atoms with E-state index >= 15 is 0 Å². The van der Waals surface area contributed by atoms with Crippen molar-refractivity contribution in [1.82, 2.24) is 0 Å². The Kier molecular flexibility index (Phi) is 3.02. The topological polar surface area (TPSA) is 13.1 Å². The van der Waals surface area contributed by atoms with Crippen LogP contribution in [0.2, 0.25) is 0 Å². The molecule has 3 aromatic heterocycles. The second-order valence-electron chi connectivity index (χ2n) is 5.74. The number of hydrogen-bond donors (Lipinski definition) is 0. The van der Waals surface area contributed by atoms with E-state index in [9.17, 15) is 0 Å². The van der Waals surface area contributed by atoms with Crippen LogP contribution < -0.4 is 0 Å². The van der Waals surface area contributed by atoms with Crippen molar-refractivity contribution in [3.8, 4) is 11.8 Å². The summed E-state index contributed by atoms with van der Waals surface area (Å²) < 4.78 is 7.91. The van der Waals surface area contributed by atoms with Gasteiger partial charge in [-0.2, -0.15) is 0 Å². The summed E-state index contributed by atoms with van der Waals surface area (Å²) in [4.78, 5) is 2.42. The molecule has 0 unspecified atom stereocenters. The lowest BCUT2D eigenvalue weighted by molar-refractivity contribution is 0.554. The van der Waals surface area contributed by atoms with Crippen molar-refractivity contribution in [3.63, 3.8) is 0 Å². The molecule has 0 aliphatic heterocycles. The van der Waals surface area contributed by atoms with Crippen LogP contribution in [0.5, 0.6) is 0 Å². The Morgan fingerprint density at radius 3 is 2.29 bits per heavy atom. The molecule has 2 aromatic carbocycles. The number of rotatable bonds is 0. The van der Waals surface area contributed by atoms with Crippen molar-refractivity contribution in [1.29, 1.82) is 0 Å². The van der Waals surface area contributed by atoms with Crippen molar-refractivity contribution in [3.05, 3.63) is 70.3 Å². The smallest absolute Gasteiger partial charge is 0.176 e. The lowest BCUT2D eigenvalue weighted by Crippen LogP contribution is -1.74. The summed E-state index contributed by atoms with van der Waals surface area (Å²) in [5.41, 5.74) is 0. The Labute approximate surface area is 147 Å². The summed E-state index contributed by atoms with van der Waals surface area (Å²) in [7, 11) is 0. The van der Waals surface area contributed by atoms with Gasteiger partial charge in [0.1, 0.15) is 0 Å². The van der Waals surface area contributed by atoms with Crippen LogP contribution in [-0.4, -0.2) is 0 Å². The first-order valence-corrected chi connectivity index (χ1v) is 9.32. The highest BCUT2D eigenvalue weighted by atomic mass is 32.1. The van der Waals surface area contributed by atoms with E-state index in [0.717, 1.165) is 4.88 Å². The Bertz CT molecular complexity index is 1260. The number of furan rings is 1. The molecule has 114 valence electrons. The van der Waals surface area contributed by atoms with E-state index in [1.165, 1.54) is 35.8 Å². The highest BCUT2D eigenvalue weighted by Crippen LogP contribution is 2.37. The Balaban J connectivity index is 1.74. The van der Waals surface area contributed by atoms with Crippen molar-refractivity contribution in [2.45, 2.75) is 6.92 Å². The highest BCUT2D eigenvalue weighted by molar-refractivity contribution is 7.20. The Morgan fingerprint density at radius 1 is 0.792 bits per heavy atom. The van der Waals surface area contributed by atoms with Gasteiger partial charge in [-0.15, -0.1) is 22.7 Å². The first-order chi connectivity index (χ1) is 11.8. The molecular formula is C21H12OS2. The number of fused-ring (bicyclic) bond motifs is 5. The fourth-order valence-corrected chi connectivity index (χ4v) is 4.98. The molecule has 0 spiro atoms. The van der Waals surface area contributed by atoms with E-state index in [0.29, 0.717) is 5.76 Å². The maximum Gasteiger partial charge on any atom is 0.176 e. The molecule has 0 aliphatic carbocycles. The third-order valence-corrected chi connectivity index (χ3v) is 6.18. The molecule has 0 N–H and O–H groups in total. The lowest BCUT2D eigenvalue weighted by Gasteiger charge is -2.01. The zero-order valence-electron chi connectivity index (χ0n) is 12.9. The van der Waals surface area contributed by atoms with Gasteiger partial charge in [-0.05, 0) is 65.9 Å². The van der Waals surface area contributed by atoms with Gasteiger partial charge in [-0.1, -0.05) is 12.1 Å². The quantitative estimate of drug-likeness (QED) is 0.290. The summed E-state index contributed by atoms with van der Waals surface area (Å²) in [5.74, 6) is 7.00. The molecule has 0 atom stereocenters. The van der Waals surface area contributed by atoms with Gasteiger partial charge in [-0.25, -0.2) is 0 Å². The average Bonchev–Trinajstić information content (AvgIpc) is 3.30. The predicted molar refractivity (Wildman–Crippen MR) is 104 cm³/mol. The van der Waals surface area contributed by atoms with E-state index in [2.05, 4.69) is 55.2 Å². The summed E-state index contributed by atoms with van der Waals surface area (Å²) in [6, 6.07) is 17.2. The van der Waals surface area contributed by atoms with E-state index in [1.54, 1.807) is 17.6 Å². The van der Waals surface area contributed by atoms with Crippen LogP contribution >= 0.6 is 22.7 Å². The minimum absolute atomic E-state index is 0.702. The van der Waals surface area contributed by atoms with Crippen molar-refractivity contribution in [2.24, 2.45) is 0 Å². The molecule has 5 rings (SSSR count). The SMILES string of the molecule is Cc1cc2c(ccc3c4cc(C#Cc5ccco5)sc4ccc23)s1. The molecule has 0 saturated heterocycles. The molecule has 0 radical (unpaired) electrons. The molecule has 0 bridgehead atoms. The molecule has 3 heteroatoms. The van der Waals surface area contributed by atoms with Crippen LogP contribution in [0.4, 0.5) is 0 Å². The van der Waals surface area contributed by atoms with E-state index in [1.807, 2.05) is 23.5 Å². The standard InChI is InChI=1S/C21H12OS2/c1-13-11-18-16-7-9-21-19(17(16)6-8-20(18)23-13)12-15(24-21)5-4-14-3-2-10-22-14/h2-3,6-12H,1H3. The number of thiophene rings is 2. The van der Waals surface area contributed by atoms with Gasteiger partial charge in [0.2, 0.25) is 0 Å². The van der Waals surface area contributed by atoms with Gasteiger partial charge < -0.3 is 4.42 Å². The van der Waals surface area contributed by atoms with E-state index in [4.69, 9.17) is 4.42 Å². The van der Waals surface area contributed by atoms with Gasteiger partial charge >= 0.3 is 0 Å².